The number of para-hydroxylation sites is 1. The molecule has 148 valence electrons. The summed E-state index contributed by atoms with van der Waals surface area (Å²) < 4.78 is 24.0. The van der Waals surface area contributed by atoms with Crippen LogP contribution in [0.15, 0.2) is 42.4 Å². The van der Waals surface area contributed by atoms with Gasteiger partial charge in [0.05, 0.1) is 11.2 Å². The lowest BCUT2D eigenvalue weighted by Gasteiger charge is -2.32. The number of rotatable bonds is 2. The van der Waals surface area contributed by atoms with Crippen molar-refractivity contribution in [2.45, 2.75) is 38.9 Å². The Kier molecular flexibility index (Phi) is 4.23. The van der Waals surface area contributed by atoms with Gasteiger partial charge >= 0.3 is 14.0 Å². The summed E-state index contributed by atoms with van der Waals surface area (Å²) in [7, 11) is -0.408. The van der Waals surface area contributed by atoms with Crippen LogP contribution in [0.25, 0.3) is 6.08 Å². The van der Waals surface area contributed by atoms with Gasteiger partial charge in [0.2, 0.25) is 0 Å². The molecule has 2 aromatic rings. The normalized spacial score (nSPS) is 21.0. The molecule has 29 heavy (non-hydrogen) atoms. The van der Waals surface area contributed by atoms with Crippen LogP contribution in [0.5, 0.6) is 11.5 Å². The Balaban J connectivity index is 1.47. The van der Waals surface area contributed by atoms with Crippen molar-refractivity contribution in [1.29, 1.82) is 0 Å². The summed E-state index contributed by atoms with van der Waals surface area (Å²) >= 11 is 0. The predicted octanol–water partition coefficient (Wildman–Crippen LogP) is 2.63. The van der Waals surface area contributed by atoms with Crippen molar-refractivity contribution in [2.75, 3.05) is 18.4 Å². The Morgan fingerprint density at radius 1 is 0.897 bits per heavy atom. The van der Waals surface area contributed by atoms with Crippen molar-refractivity contribution >= 4 is 36.7 Å². The fraction of sp³-hybridized carbons (Fsp3) is 0.364. The van der Waals surface area contributed by atoms with Crippen LogP contribution in [0, 0.1) is 0 Å². The molecule has 3 aliphatic rings. The summed E-state index contributed by atoms with van der Waals surface area (Å²) in [5.41, 5.74) is 3.58. The van der Waals surface area contributed by atoms with E-state index >= 15 is 0 Å². The lowest BCUT2D eigenvalue weighted by molar-refractivity contribution is 0.00578. The standard InChI is InChI=1S/C22H25B2NO4/c1-21(2)22(3,4)29-24(28-21)17-7-5-6-15-10-11-23(25-20(15)17)16-8-9-18-19(14-16)27-13-12-26-18/h5-11,14,25H,12-13H2,1-4H3. The molecular formula is C22H25B2NO4. The average molecular weight is 389 g/mol. The number of benzene rings is 2. The van der Waals surface area contributed by atoms with Crippen LogP contribution < -0.4 is 25.6 Å². The van der Waals surface area contributed by atoms with Gasteiger partial charge in [-0.25, -0.2) is 0 Å². The third-order valence-electron chi connectivity index (χ3n) is 6.33. The second-order valence-electron chi connectivity index (χ2n) is 8.78. The zero-order valence-electron chi connectivity index (χ0n) is 17.3. The molecule has 5 rings (SSSR count). The van der Waals surface area contributed by atoms with Gasteiger partial charge in [0, 0.05) is 11.2 Å². The fourth-order valence-corrected chi connectivity index (χ4v) is 3.91. The minimum absolute atomic E-state index is 0.0295. The van der Waals surface area contributed by atoms with Gasteiger partial charge in [-0.15, -0.1) is 0 Å². The first-order valence-corrected chi connectivity index (χ1v) is 10.2. The van der Waals surface area contributed by atoms with E-state index in [2.05, 4.69) is 75.3 Å². The SMILES string of the molecule is CC1(C)OB(c2cccc3c2NB(c2ccc4c(c2)OCCO4)C=C3)OC1(C)C. The molecule has 7 heteroatoms. The quantitative estimate of drug-likeness (QED) is 0.801. The maximum absolute atomic E-state index is 6.31. The van der Waals surface area contributed by atoms with Crippen molar-refractivity contribution in [3.63, 3.8) is 0 Å². The number of fused-ring (bicyclic) bond motifs is 2. The molecular weight excluding hydrogens is 364 g/mol. The van der Waals surface area contributed by atoms with E-state index in [-0.39, 0.29) is 18.0 Å². The molecule has 0 atom stereocenters. The molecule has 0 radical (unpaired) electrons. The minimum atomic E-state index is -0.408. The van der Waals surface area contributed by atoms with Crippen LogP contribution in [-0.2, 0) is 9.31 Å². The Labute approximate surface area is 172 Å². The summed E-state index contributed by atoms with van der Waals surface area (Å²) in [5.74, 6) is 3.77. The summed E-state index contributed by atoms with van der Waals surface area (Å²) in [5, 5.41) is 3.68. The van der Waals surface area contributed by atoms with Crippen LogP contribution in [0.4, 0.5) is 5.69 Å². The van der Waals surface area contributed by atoms with Crippen molar-refractivity contribution in [3.8, 4) is 11.5 Å². The van der Waals surface area contributed by atoms with Gasteiger partial charge < -0.3 is 24.0 Å². The maximum Gasteiger partial charge on any atom is 0.496 e. The average Bonchev–Trinajstić information content (AvgIpc) is 2.93. The van der Waals surface area contributed by atoms with Gasteiger partial charge in [-0.1, -0.05) is 36.3 Å². The van der Waals surface area contributed by atoms with Crippen LogP contribution in [0.1, 0.15) is 33.3 Å². The first-order chi connectivity index (χ1) is 13.8. The molecule has 1 saturated heterocycles. The first kappa shape index (κ1) is 18.6. The zero-order chi connectivity index (χ0) is 20.2. The third kappa shape index (κ3) is 3.13. The number of ether oxygens (including phenoxy) is 2. The molecule has 0 aromatic heterocycles. The number of hydrogen-bond donors (Lipinski definition) is 1. The Morgan fingerprint density at radius 2 is 1.62 bits per heavy atom. The van der Waals surface area contributed by atoms with E-state index in [0.717, 1.165) is 33.7 Å². The molecule has 5 nitrogen and oxygen atoms in total. The molecule has 0 unspecified atom stereocenters. The maximum atomic E-state index is 6.31. The van der Waals surface area contributed by atoms with Gasteiger partial charge in [0.25, 0.3) is 0 Å². The van der Waals surface area contributed by atoms with Crippen molar-refractivity contribution in [1.82, 2.24) is 0 Å². The second kappa shape index (κ2) is 6.57. The zero-order valence-corrected chi connectivity index (χ0v) is 17.3. The number of anilines is 1. The van der Waals surface area contributed by atoms with Gasteiger partial charge in [-0.05, 0) is 50.9 Å². The molecule has 0 aliphatic carbocycles. The monoisotopic (exact) mass is 389 g/mol. The molecule has 1 N–H and O–H groups in total. The highest BCUT2D eigenvalue weighted by Gasteiger charge is 2.52. The number of nitrogens with one attached hydrogen (secondary N) is 1. The largest absolute Gasteiger partial charge is 0.496 e. The van der Waals surface area contributed by atoms with Crippen LogP contribution in [0.2, 0.25) is 0 Å². The van der Waals surface area contributed by atoms with E-state index in [4.69, 9.17) is 18.8 Å². The lowest BCUT2D eigenvalue weighted by atomic mass is 9.53. The Bertz CT molecular complexity index is 973. The van der Waals surface area contributed by atoms with E-state index in [1.54, 1.807) is 0 Å². The molecule has 3 heterocycles. The molecule has 0 spiro atoms. The summed E-state index contributed by atoms with van der Waals surface area (Å²) in [6, 6.07) is 12.4. The third-order valence-corrected chi connectivity index (χ3v) is 6.33. The van der Waals surface area contributed by atoms with Crippen LogP contribution in [0.3, 0.4) is 0 Å². The highest BCUT2D eigenvalue weighted by atomic mass is 16.7. The van der Waals surface area contributed by atoms with Gasteiger partial charge in [-0.3, -0.25) is 0 Å². The minimum Gasteiger partial charge on any atom is -0.486 e. The van der Waals surface area contributed by atoms with Crippen LogP contribution >= 0.6 is 0 Å². The molecule has 0 amide bonds. The van der Waals surface area contributed by atoms with Crippen molar-refractivity contribution < 1.29 is 18.8 Å². The van der Waals surface area contributed by atoms with E-state index < -0.39 is 7.12 Å². The van der Waals surface area contributed by atoms with Crippen molar-refractivity contribution in [2.24, 2.45) is 0 Å². The molecule has 2 aromatic carbocycles. The van der Waals surface area contributed by atoms with E-state index in [0.29, 0.717) is 13.2 Å². The molecule has 1 fully saturated rings. The van der Waals surface area contributed by atoms with Crippen LogP contribution in [-0.4, -0.2) is 38.4 Å². The predicted molar refractivity (Wildman–Crippen MR) is 118 cm³/mol. The van der Waals surface area contributed by atoms with Crippen molar-refractivity contribution in [3.05, 3.63) is 47.9 Å². The van der Waals surface area contributed by atoms with E-state index in [1.807, 2.05) is 6.07 Å². The molecule has 3 aliphatic heterocycles. The fourth-order valence-electron chi connectivity index (χ4n) is 3.91. The highest BCUT2D eigenvalue weighted by molar-refractivity contribution is 6.82. The topological polar surface area (TPSA) is 49.0 Å². The summed E-state index contributed by atoms with van der Waals surface area (Å²) in [6.07, 6.45) is 2.15. The molecule has 0 bridgehead atoms. The summed E-state index contributed by atoms with van der Waals surface area (Å²) in [6.45, 7) is 9.52. The molecule has 0 saturated carbocycles. The lowest BCUT2D eigenvalue weighted by Crippen LogP contribution is -2.44. The Morgan fingerprint density at radius 3 is 2.38 bits per heavy atom. The van der Waals surface area contributed by atoms with Gasteiger partial charge in [0.1, 0.15) is 13.2 Å². The Hall–Kier alpha value is -2.37. The van der Waals surface area contributed by atoms with Gasteiger partial charge in [0.15, 0.2) is 11.5 Å². The first-order valence-electron chi connectivity index (χ1n) is 10.2. The summed E-state index contributed by atoms with van der Waals surface area (Å²) in [4.78, 5) is 0. The smallest absolute Gasteiger partial charge is 0.486 e. The highest BCUT2D eigenvalue weighted by Crippen LogP contribution is 2.37. The van der Waals surface area contributed by atoms with Gasteiger partial charge in [-0.2, -0.15) is 0 Å². The van der Waals surface area contributed by atoms with E-state index in [1.165, 1.54) is 0 Å². The van der Waals surface area contributed by atoms with E-state index in [9.17, 15) is 0 Å². The number of hydrogen-bond acceptors (Lipinski definition) is 5. The second-order valence-corrected chi connectivity index (χ2v) is 8.78.